The van der Waals surface area contributed by atoms with Gasteiger partial charge in [-0.15, -0.1) is 0 Å². The van der Waals surface area contributed by atoms with Crippen LogP contribution in [0, 0.1) is 0 Å². The predicted octanol–water partition coefficient (Wildman–Crippen LogP) is 1.33. The van der Waals surface area contributed by atoms with E-state index in [9.17, 15) is 0 Å². The van der Waals surface area contributed by atoms with E-state index >= 15 is 0 Å². The molecule has 3 aliphatic rings. The van der Waals surface area contributed by atoms with Crippen molar-refractivity contribution in [3.63, 3.8) is 0 Å². The lowest BCUT2D eigenvalue weighted by Gasteiger charge is -2.41. The summed E-state index contributed by atoms with van der Waals surface area (Å²) >= 11 is 0. The van der Waals surface area contributed by atoms with Crippen LogP contribution in [0.2, 0.25) is 0 Å². The van der Waals surface area contributed by atoms with Crippen LogP contribution in [0.1, 0.15) is 18.4 Å². The molecule has 3 heterocycles. The number of piperidine rings is 1. The van der Waals surface area contributed by atoms with Crippen molar-refractivity contribution < 1.29 is 9.47 Å². The molecular weight excluding hydrogens is 290 g/mol. The second-order valence-electron chi connectivity index (χ2n) is 6.76. The number of hydrogen-bond donors (Lipinski definition) is 1. The second kappa shape index (κ2) is 7.07. The average Bonchev–Trinajstić information content (AvgIpc) is 2.63. The number of nitrogens with zero attached hydrogens (tertiary/aromatic N) is 2. The molecule has 0 amide bonds. The summed E-state index contributed by atoms with van der Waals surface area (Å²) in [7, 11) is 0. The van der Waals surface area contributed by atoms with Gasteiger partial charge in [-0.1, -0.05) is 12.1 Å². The van der Waals surface area contributed by atoms with Crippen LogP contribution in [0.5, 0.6) is 11.5 Å². The van der Waals surface area contributed by atoms with E-state index in [2.05, 4.69) is 27.2 Å². The first kappa shape index (κ1) is 15.2. The first-order valence-electron chi connectivity index (χ1n) is 8.95. The Morgan fingerprint density at radius 3 is 2.87 bits per heavy atom. The molecule has 2 saturated heterocycles. The van der Waals surface area contributed by atoms with E-state index in [4.69, 9.17) is 9.47 Å². The third kappa shape index (κ3) is 3.47. The maximum Gasteiger partial charge on any atom is 0.165 e. The topological polar surface area (TPSA) is 37.0 Å². The van der Waals surface area contributed by atoms with Gasteiger partial charge in [-0.2, -0.15) is 0 Å². The zero-order chi connectivity index (χ0) is 15.5. The summed E-state index contributed by atoms with van der Waals surface area (Å²) in [6.07, 6.45) is 2.63. The molecule has 0 bridgehead atoms. The minimum absolute atomic E-state index is 0.658. The summed E-state index contributed by atoms with van der Waals surface area (Å²) in [5.74, 6) is 1.87. The molecule has 5 heteroatoms. The van der Waals surface area contributed by atoms with Gasteiger partial charge in [-0.25, -0.2) is 0 Å². The highest BCUT2D eigenvalue weighted by Gasteiger charge is 2.27. The lowest BCUT2D eigenvalue weighted by Crippen LogP contribution is -2.53. The highest BCUT2D eigenvalue weighted by molar-refractivity contribution is 5.47. The van der Waals surface area contributed by atoms with Crippen LogP contribution in [-0.4, -0.2) is 68.3 Å². The SMILES string of the molecule is c1cc(CN2CCC[C@H](N3CCNCC3)C2)c2c(c1)OCCO2. The largest absolute Gasteiger partial charge is 0.486 e. The van der Waals surface area contributed by atoms with Crippen molar-refractivity contribution in [2.75, 3.05) is 52.5 Å². The first-order chi connectivity index (χ1) is 11.4. The van der Waals surface area contributed by atoms with Crippen LogP contribution >= 0.6 is 0 Å². The van der Waals surface area contributed by atoms with Gasteiger partial charge < -0.3 is 14.8 Å². The molecule has 1 aromatic carbocycles. The van der Waals surface area contributed by atoms with Crippen LogP contribution in [0.15, 0.2) is 18.2 Å². The highest BCUT2D eigenvalue weighted by Crippen LogP contribution is 2.34. The molecular formula is C18H27N3O2. The Labute approximate surface area is 138 Å². The number of fused-ring (bicyclic) bond motifs is 1. The van der Waals surface area contributed by atoms with Crippen molar-refractivity contribution >= 4 is 0 Å². The van der Waals surface area contributed by atoms with E-state index in [0.29, 0.717) is 19.3 Å². The van der Waals surface area contributed by atoms with E-state index < -0.39 is 0 Å². The van der Waals surface area contributed by atoms with Crippen LogP contribution < -0.4 is 14.8 Å². The summed E-state index contributed by atoms with van der Waals surface area (Å²) in [5, 5.41) is 3.45. The summed E-state index contributed by atoms with van der Waals surface area (Å²) in [4.78, 5) is 5.26. The minimum Gasteiger partial charge on any atom is -0.486 e. The van der Waals surface area contributed by atoms with Crippen molar-refractivity contribution in [1.82, 2.24) is 15.1 Å². The fourth-order valence-corrected chi connectivity index (χ4v) is 4.02. The Morgan fingerprint density at radius 1 is 1.09 bits per heavy atom. The maximum atomic E-state index is 5.87. The van der Waals surface area contributed by atoms with E-state index in [1.807, 2.05) is 6.07 Å². The van der Waals surface area contributed by atoms with Crippen LogP contribution in [0.4, 0.5) is 0 Å². The fraction of sp³-hybridized carbons (Fsp3) is 0.667. The predicted molar refractivity (Wildman–Crippen MR) is 90.2 cm³/mol. The molecule has 4 rings (SSSR count). The maximum absolute atomic E-state index is 5.87. The van der Waals surface area contributed by atoms with Gasteiger partial charge in [0.05, 0.1) is 0 Å². The summed E-state index contributed by atoms with van der Waals surface area (Å²) in [6, 6.07) is 6.99. The van der Waals surface area contributed by atoms with Crippen LogP contribution in [0.25, 0.3) is 0 Å². The zero-order valence-corrected chi connectivity index (χ0v) is 13.8. The number of benzene rings is 1. The standard InChI is InChI=1S/C18H27N3O2/c1-3-15(18-17(5-1)22-11-12-23-18)13-20-8-2-4-16(14-20)21-9-6-19-7-10-21/h1,3,5,16,19H,2,4,6-14H2/t16-/m0/s1. The van der Waals surface area contributed by atoms with E-state index in [-0.39, 0.29) is 0 Å². The van der Waals surface area contributed by atoms with Gasteiger partial charge in [0.2, 0.25) is 0 Å². The molecule has 23 heavy (non-hydrogen) atoms. The molecule has 0 aliphatic carbocycles. The van der Waals surface area contributed by atoms with Gasteiger partial charge in [-0.3, -0.25) is 9.80 Å². The van der Waals surface area contributed by atoms with E-state index in [1.165, 1.54) is 44.6 Å². The van der Waals surface area contributed by atoms with Gasteiger partial charge >= 0.3 is 0 Å². The molecule has 3 aliphatic heterocycles. The number of ether oxygens (including phenoxy) is 2. The summed E-state index contributed by atoms with van der Waals surface area (Å²) < 4.78 is 11.6. The smallest absolute Gasteiger partial charge is 0.165 e. The summed E-state index contributed by atoms with van der Waals surface area (Å²) in [6.45, 7) is 9.29. The van der Waals surface area contributed by atoms with Crippen molar-refractivity contribution in [1.29, 1.82) is 0 Å². The minimum atomic E-state index is 0.658. The van der Waals surface area contributed by atoms with Gasteiger partial charge in [0.25, 0.3) is 0 Å². The molecule has 0 aromatic heterocycles. The molecule has 0 spiro atoms. The molecule has 0 radical (unpaired) electrons. The van der Waals surface area contributed by atoms with Crippen LogP contribution in [-0.2, 0) is 6.54 Å². The zero-order valence-electron chi connectivity index (χ0n) is 13.8. The molecule has 126 valence electrons. The second-order valence-corrected chi connectivity index (χ2v) is 6.76. The van der Waals surface area contributed by atoms with Crippen molar-refractivity contribution in [3.05, 3.63) is 23.8 Å². The third-order valence-electron chi connectivity index (χ3n) is 5.19. The molecule has 5 nitrogen and oxygen atoms in total. The average molecular weight is 317 g/mol. The number of rotatable bonds is 3. The Bertz CT molecular complexity index is 531. The molecule has 0 saturated carbocycles. The number of nitrogens with one attached hydrogen (secondary N) is 1. The van der Waals surface area contributed by atoms with Gasteiger partial charge in [0.15, 0.2) is 11.5 Å². The van der Waals surface area contributed by atoms with E-state index in [0.717, 1.165) is 31.1 Å². The van der Waals surface area contributed by atoms with Gasteiger partial charge in [-0.05, 0) is 25.5 Å². The Kier molecular flexibility index (Phi) is 4.69. The monoisotopic (exact) mass is 317 g/mol. The lowest BCUT2D eigenvalue weighted by atomic mass is 10.0. The van der Waals surface area contributed by atoms with E-state index in [1.54, 1.807) is 0 Å². The molecule has 2 fully saturated rings. The highest BCUT2D eigenvalue weighted by atomic mass is 16.6. The number of piperazine rings is 1. The molecule has 1 atom stereocenters. The first-order valence-corrected chi connectivity index (χ1v) is 8.95. The lowest BCUT2D eigenvalue weighted by molar-refractivity contribution is 0.0827. The number of hydrogen-bond acceptors (Lipinski definition) is 5. The molecule has 1 N–H and O–H groups in total. The quantitative estimate of drug-likeness (QED) is 0.910. The number of likely N-dealkylation sites (tertiary alicyclic amines) is 1. The number of para-hydroxylation sites is 1. The van der Waals surface area contributed by atoms with Crippen molar-refractivity contribution in [3.8, 4) is 11.5 Å². The van der Waals surface area contributed by atoms with Crippen molar-refractivity contribution in [2.45, 2.75) is 25.4 Å². The van der Waals surface area contributed by atoms with Crippen LogP contribution in [0.3, 0.4) is 0 Å². The van der Waals surface area contributed by atoms with Gasteiger partial charge in [0, 0.05) is 50.9 Å². The fourth-order valence-electron chi connectivity index (χ4n) is 4.02. The Hall–Kier alpha value is -1.30. The van der Waals surface area contributed by atoms with Gasteiger partial charge in [0.1, 0.15) is 13.2 Å². The summed E-state index contributed by atoms with van der Waals surface area (Å²) in [5.41, 5.74) is 1.27. The normalized spacial score (nSPS) is 26.2. The molecule has 0 unspecified atom stereocenters. The van der Waals surface area contributed by atoms with Crippen molar-refractivity contribution in [2.24, 2.45) is 0 Å². The Morgan fingerprint density at radius 2 is 1.96 bits per heavy atom. The Balaban J connectivity index is 1.42. The molecule has 1 aromatic rings. The third-order valence-corrected chi connectivity index (χ3v) is 5.19.